The third-order valence-electron chi connectivity index (χ3n) is 3.03. The van der Waals surface area contributed by atoms with Crippen molar-refractivity contribution in [3.05, 3.63) is 34.6 Å². The standard InChI is InChI=1S/C14H21ClFN/c1-3-4-5-6-7-14(17-2)12-9-8-11(15)10-13(12)16/h8-10,14,17H,3-7H2,1-2H3. The van der Waals surface area contributed by atoms with Crippen LogP contribution < -0.4 is 5.32 Å². The van der Waals surface area contributed by atoms with Crippen LogP contribution >= 0.6 is 11.6 Å². The molecular weight excluding hydrogens is 237 g/mol. The first-order valence-corrected chi connectivity index (χ1v) is 6.69. The fraction of sp³-hybridized carbons (Fsp3) is 0.571. The van der Waals surface area contributed by atoms with E-state index >= 15 is 0 Å². The van der Waals surface area contributed by atoms with E-state index in [9.17, 15) is 4.39 Å². The monoisotopic (exact) mass is 257 g/mol. The molecule has 0 aliphatic carbocycles. The summed E-state index contributed by atoms with van der Waals surface area (Å²) in [5, 5.41) is 3.62. The van der Waals surface area contributed by atoms with E-state index in [1.807, 2.05) is 7.05 Å². The molecule has 0 radical (unpaired) electrons. The molecule has 0 heterocycles. The van der Waals surface area contributed by atoms with Crippen LogP contribution in [-0.2, 0) is 0 Å². The fourth-order valence-corrected chi connectivity index (χ4v) is 2.17. The highest BCUT2D eigenvalue weighted by atomic mass is 35.5. The lowest BCUT2D eigenvalue weighted by Gasteiger charge is -2.17. The predicted octanol–water partition coefficient (Wildman–Crippen LogP) is 4.71. The fourth-order valence-electron chi connectivity index (χ4n) is 2.01. The van der Waals surface area contributed by atoms with E-state index in [-0.39, 0.29) is 11.9 Å². The van der Waals surface area contributed by atoms with E-state index in [1.54, 1.807) is 12.1 Å². The summed E-state index contributed by atoms with van der Waals surface area (Å²) >= 11 is 5.75. The maximum atomic E-state index is 13.7. The van der Waals surface area contributed by atoms with E-state index in [1.165, 1.54) is 25.3 Å². The van der Waals surface area contributed by atoms with Crippen LogP contribution in [0.1, 0.15) is 50.6 Å². The Morgan fingerprint density at radius 1 is 1.29 bits per heavy atom. The molecule has 0 bridgehead atoms. The molecule has 1 N–H and O–H groups in total. The van der Waals surface area contributed by atoms with Crippen molar-refractivity contribution in [1.29, 1.82) is 0 Å². The lowest BCUT2D eigenvalue weighted by atomic mass is 10.00. The number of hydrogen-bond donors (Lipinski definition) is 1. The molecule has 0 saturated heterocycles. The minimum atomic E-state index is -0.215. The smallest absolute Gasteiger partial charge is 0.129 e. The zero-order valence-electron chi connectivity index (χ0n) is 10.6. The van der Waals surface area contributed by atoms with E-state index in [4.69, 9.17) is 11.6 Å². The summed E-state index contributed by atoms with van der Waals surface area (Å²) in [6.45, 7) is 2.19. The maximum absolute atomic E-state index is 13.7. The first kappa shape index (κ1) is 14.5. The lowest BCUT2D eigenvalue weighted by molar-refractivity contribution is 0.480. The molecule has 0 aliphatic heterocycles. The Hall–Kier alpha value is -0.600. The predicted molar refractivity (Wildman–Crippen MR) is 72.0 cm³/mol. The summed E-state index contributed by atoms with van der Waals surface area (Å²) < 4.78 is 13.7. The van der Waals surface area contributed by atoms with Crippen molar-refractivity contribution in [2.45, 2.75) is 45.1 Å². The largest absolute Gasteiger partial charge is 0.313 e. The highest BCUT2D eigenvalue weighted by molar-refractivity contribution is 6.30. The Balaban J connectivity index is 2.59. The van der Waals surface area contributed by atoms with Crippen LogP contribution in [0.2, 0.25) is 5.02 Å². The molecule has 0 fully saturated rings. The second-order valence-corrected chi connectivity index (χ2v) is 4.79. The van der Waals surface area contributed by atoms with Crippen LogP contribution in [0.15, 0.2) is 18.2 Å². The highest BCUT2D eigenvalue weighted by Crippen LogP contribution is 2.24. The van der Waals surface area contributed by atoms with Gasteiger partial charge in [0.25, 0.3) is 0 Å². The lowest BCUT2D eigenvalue weighted by Crippen LogP contribution is -2.17. The van der Waals surface area contributed by atoms with Gasteiger partial charge in [0.15, 0.2) is 0 Å². The van der Waals surface area contributed by atoms with Crippen molar-refractivity contribution in [1.82, 2.24) is 5.32 Å². The third-order valence-corrected chi connectivity index (χ3v) is 3.27. The normalized spacial score (nSPS) is 12.7. The SMILES string of the molecule is CCCCCCC(NC)c1ccc(Cl)cc1F. The molecule has 0 spiro atoms. The van der Waals surface area contributed by atoms with Gasteiger partial charge in [0.05, 0.1) is 0 Å². The summed E-state index contributed by atoms with van der Waals surface area (Å²) in [5.74, 6) is -0.215. The molecule has 1 unspecified atom stereocenters. The van der Waals surface area contributed by atoms with Gasteiger partial charge in [-0.05, 0) is 25.6 Å². The average molecular weight is 258 g/mol. The van der Waals surface area contributed by atoms with Crippen LogP contribution in [0.5, 0.6) is 0 Å². The molecule has 96 valence electrons. The Labute approximate surface area is 108 Å². The number of hydrogen-bond acceptors (Lipinski definition) is 1. The number of rotatable bonds is 7. The maximum Gasteiger partial charge on any atom is 0.129 e. The van der Waals surface area contributed by atoms with Gasteiger partial charge in [-0.15, -0.1) is 0 Å². The Morgan fingerprint density at radius 3 is 2.65 bits per heavy atom. The Kier molecular flexibility index (Phi) is 6.53. The highest BCUT2D eigenvalue weighted by Gasteiger charge is 2.13. The van der Waals surface area contributed by atoms with Gasteiger partial charge in [-0.25, -0.2) is 4.39 Å². The second-order valence-electron chi connectivity index (χ2n) is 4.36. The Bertz CT molecular complexity index is 341. The first-order valence-electron chi connectivity index (χ1n) is 6.31. The van der Waals surface area contributed by atoms with Crippen LogP contribution in [0, 0.1) is 5.82 Å². The minimum absolute atomic E-state index is 0.0872. The number of unbranched alkanes of at least 4 members (excludes halogenated alkanes) is 3. The van der Waals surface area contributed by atoms with Gasteiger partial charge in [0.1, 0.15) is 5.82 Å². The quantitative estimate of drug-likeness (QED) is 0.698. The van der Waals surface area contributed by atoms with E-state index in [0.717, 1.165) is 12.8 Å². The Morgan fingerprint density at radius 2 is 2.06 bits per heavy atom. The van der Waals surface area contributed by atoms with Gasteiger partial charge >= 0.3 is 0 Å². The zero-order chi connectivity index (χ0) is 12.7. The summed E-state index contributed by atoms with van der Waals surface area (Å²) in [5.41, 5.74) is 0.716. The topological polar surface area (TPSA) is 12.0 Å². The van der Waals surface area contributed by atoms with Gasteiger partial charge < -0.3 is 5.32 Å². The van der Waals surface area contributed by atoms with Crippen molar-refractivity contribution in [2.75, 3.05) is 7.05 Å². The minimum Gasteiger partial charge on any atom is -0.313 e. The second kappa shape index (κ2) is 7.67. The number of benzene rings is 1. The van der Waals surface area contributed by atoms with Crippen LogP contribution in [0.4, 0.5) is 4.39 Å². The molecule has 0 saturated carbocycles. The number of nitrogens with one attached hydrogen (secondary N) is 1. The average Bonchev–Trinajstić information content (AvgIpc) is 2.31. The molecule has 0 amide bonds. The van der Waals surface area contributed by atoms with E-state index in [0.29, 0.717) is 10.6 Å². The molecule has 0 aliphatic rings. The van der Waals surface area contributed by atoms with Crippen molar-refractivity contribution in [3.63, 3.8) is 0 Å². The van der Waals surface area contributed by atoms with Gasteiger partial charge in [-0.2, -0.15) is 0 Å². The summed E-state index contributed by atoms with van der Waals surface area (Å²) in [4.78, 5) is 0. The molecular formula is C14H21ClFN. The summed E-state index contributed by atoms with van der Waals surface area (Å²) in [6.07, 6.45) is 5.78. The molecule has 1 aromatic rings. The molecule has 1 rings (SSSR count). The molecule has 1 atom stereocenters. The van der Waals surface area contributed by atoms with Crippen LogP contribution in [-0.4, -0.2) is 7.05 Å². The number of halogens is 2. The first-order chi connectivity index (χ1) is 8.19. The van der Waals surface area contributed by atoms with Crippen molar-refractivity contribution >= 4 is 11.6 Å². The molecule has 0 aromatic heterocycles. The van der Waals surface area contributed by atoms with Crippen molar-refractivity contribution in [2.24, 2.45) is 0 Å². The van der Waals surface area contributed by atoms with Crippen LogP contribution in [0.25, 0.3) is 0 Å². The summed E-state index contributed by atoms with van der Waals surface area (Å²) in [6, 6.07) is 4.99. The van der Waals surface area contributed by atoms with E-state index < -0.39 is 0 Å². The molecule has 17 heavy (non-hydrogen) atoms. The van der Waals surface area contributed by atoms with Crippen LogP contribution in [0.3, 0.4) is 0 Å². The van der Waals surface area contributed by atoms with Crippen molar-refractivity contribution in [3.8, 4) is 0 Å². The zero-order valence-corrected chi connectivity index (χ0v) is 11.4. The van der Waals surface area contributed by atoms with Gasteiger partial charge in [-0.1, -0.05) is 50.3 Å². The van der Waals surface area contributed by atoms with Gasteiger partial charge in [0.2, 0.25) is 0 Å². The van der Waals surface area contributed by atoms with E-state index in [2.05, 4.69) is 12.2 Å². The van der Waals surface area contributed by atoms with Gasteiger partial charge in [-0.3, -0.25) is 0 Å². The van der Waals surface area contributed by atoms with Gasteiger partial charge in [0, 0.05) is 16.6 Å². The summed E-state index contributed by atoms with van der Waals surface area (Å²) in [7, 11) is 1.87. The molecule has 3 heteroatoms. The third kappa shape index (κ3) is 4.64. The van der Waals surface area contributed by atoms with Crippen molar-refractivity contribution < 1.29 is 4.39 Å². The molecule has 1 nitrogen and oxygen atoms in total. The molecule has 1 aromatic carbocycles.